The van der Waals surface area contributed by atoms with Crippen molar-refractivity contribution in [3.8, 4) is 0 Å². The zero-order valence-corrected chi connectivity index (χ0v) is 8.83. The Labute approximate surface area is 89.7 Å². The molecule has 0 saturated carbocycles. The first-order chi connectivity index (χ1) is 7.27. The Morgan fingerprint density at radius 1 is 1.47 bits per heavy atom. The van der Waals surface area contributed by atoms with E-state index in [0.717, 1.165) is 30.6 Å². The molecule has 1 aromatic carbocycles. The van der Waals surface area contributed by atoms with E-state index in [1.807, 2.05) is 24.3 Å². The van der Waals surface area contributed by atoms with Crippen molar-refractivity contribution in [3.63, 3.8) is 0 Å². The van der Waals surface area contributed by atoms with Crippen LogP contribution < -0.4 is 11.1 Å². The van der Waals surface area contributed by atoms with Crippen molar-refractivity contribution in [1.82, 2.24) is 0 Å². The molecule has 4 N–H and O–H groups in total. The smallest absolute Gasteiger partial charge is 0.132 e. The van der Waals surface area contributed by atoms with E-state index in [4.69, 9.17) is 11.1 Å². The summed E-state index contributed by atoms with van der Waals surface area (Å²) in [5.74, 6) is 0.368. The molecule has 0 unspecified atom stereocenters. The van der Waals surface area contributed by atoms with Gasteiger partial charge in [0, 0.05) is 17.8 Å². The van der Waals surface area contributed by atoms with Gasteiger partial charge in [0.2, 0.25) is 0 Å². The lowest BCUT2D eigenvalue weighted by atomic mass is 10.2. The van der Waals surface area contributed by atoms with Crippen LogP contribution in [-0.4, -0.2) is 18.7 Å². The zero-order chi connectivity index (χ0) is 11.1. The van der Waals surface area contributed by atoms with E-state index in [9.17, 15) is 0 Å². The van der Waals surface area contributed by atoms with E-state index in [2.05, 4.69) is 17.2 Å². The standard InChI is InChI=1S/C11H16N4/c1-2-7-14-10-5-3-9(4-6-10)11(13)15-8-12/h3-6,8,14H,2,7H2,1H3,(H3,12,13,15). The molecule has 0 atom stereocenters. The molecule has 0 aliphatic carbocycles. The number of aliphatic imine (C=N–C) groups is 1. The predicted molar refractivity (Wildman–Crippen MR) is 64.7 cm³/mol. The van der Waals surface area contributed by atoms with Crippen molar-refractivity contribution in [2.45, 2.75) is 13.3 Å². The van der Waals surface area contributed by atoms with Crippen LogP contribution in [0, 0.1) is 5.41 Å². The fourth-order valence-electron chi connectivity index (χ4n) is 1.17. The fraction of sp³-hybridized carbons (Fsp3) is 0.273. The van der Waals surface area contributed by atoms with Crippen LogP contribution in [0.3, 0.4) is 0 Å². The minimum absolute atomic E-state index is 0.368. The second-order valence-electron chi connectivity index (χ2n) is 3.15. The Morgan fingerprint density at radius 3 is 2.67 bits per heavy atom. The van der Waals surface area contributed by atoms with Gasteiger partial charge < -0.3 is 11.1 Å². The third-order valence-corrected chi connectivity index (χ3v) is 1.96. The molecule has 0 fully saturated rings. The van der Waals surface area contributed by atoms with Crippen LogP contribution in [0.15, 0.2) is 29.3 Å². The number of nitrogens with one attached hydrogen (secondary N) is 2. The van der Waals surface area contributed by atoms with E-state index in [1.54, 1.807) is 0 Å². The van der Waals surface area contributed by atoms with Crippen molar-refractivity contribution in [2.75, 3.05) is 11.9 Å². The lowest BCUT2D eigenvalue weighted by molar-refractivity contribution is 0.980. The highest BCUT2D eigenvalue weighted by atomic mass is 14.9. The molecule has 0 bridgehead atoms. The largest absolute Gasteiger partial charge is 0.385 e. The molecule has 0 heterocycles. The normalized spacial score (nSPS) is 11.1. The fourth-order valence-corrected chi connectivity index (χ4v) is 1.17. The molecule has 0 radical (unpaired) electrons. The molecule has 0 aliphatic rings. The van der Waals surface area contributed by atoms with E-state index >= 15 is 0 Å². The highest BCUT2D eigenvalue weighted by Crippen LogP contribution is 2.09. The van der Waals surface area contributed by atoms with Gasteiger partial charge in [-0.25, -0.2) is 4.99 Å². The molecule has 0 spiro atoms. The quantitative estimate of drug-likeness (QED) is 0.505. The first-order valence-corrected chi connectivity index (χ1v) is 4.94. The Morgan fingerprint density at radius 2 is 2.13 bits per heavy atom. The van der Waals surface area contributed by atoms with Crippen molar-refractivity contribution in [1.29, 1.82) is 5.41 Å². The summed E-state index contributed by atoms with van der Waals surface area (Å²) in [5.41, 5.74) is 7.54. The van der Waals surface area contributed by atoms with Crippen molar-refractivity contribution in [3.05, 3.63) is 29.8 Å². The maximum Gasteiger partial charge on any atom is 0.132 e. The van der Waals surface area contributed by atoms with Gasteiger partial charge in [-0.1, -0.05) is 6.92 Å². The van der Waals surface area contributed by atoms with Gasteiger partial charge in [-0.3, -0.25) is 5.41 Å². The maximum atomic E-state index is 6.81. The third-order valence-electron chi connectivity index (χ3n) is 1.96. The second kappa shape index (κ2) is 5.80. The highest BCUT2D eigenvalue weighted by Gasteiger charge is 1.97. The SMILES string of the molecule is CCCNc1ccc(C(N)=NC=N)cc1. The molecule has 1 aromatic rings. The summed E-state index contributed by atoms with van der Waals surface area (Å²) in [6.07, 6.45) is 2.04. The zero-order valence-electron chi connectivity index (χ0n) is 8.83. The summed E-state index contributed by atoms with van der Waals surface area (Å²) in [7, 11) is 0. The summed E-state index contributed by atoms with van der Waals surface area (Å²) in [6.45, 7) is 3.08. The van der Waals surface area contributed by atoms with Gasteiger partial charge in [0.15, 0.2) is 0 Å². The number of hydrogen-bond acceptors (Lipinski definition) is 2. The number of anilines is 1. The van der Waals surface area contributed by atoms with Crippen LogP contribution in [0.2, 0.25) is 0 Å². The summed E-state index contributed by atoms with van der Waals surface area (Å²) >= 11 is 0. The van der Waals surface area contributed by atoms with E-state index in [1.165, 1.54) is 0 Å². The first kappa shape index (κ1) is 11.2. The number of rotatable bonds is 5. The average molecular weight is 204 g/mol. The molecule has 0 aromatic heterocycles. The van der Waals surface area contributed by atoms with E-state index in [0.29, 0.717) is 5.84 Å². The molecule has 0 amide bonds. The van der Waals surface area contributed by atoms with Crippen LogP contribution in [-0.2, 0) is 0 Å². The van der Waals surface area contributed by atoms with Gasteiger partial charge in [0.1, 0.15) is 12.2 Å². The van der Waals surface area contributed by atoms with Gasteiger partial charge in [0.25, 0.3) is 0 Å². The summed E-state index contributed by atoms with van der Waals surface area (Å²) in [4.78, 5) is 3.70. The maximum absolute atomic E-state index is 6.81. The van der Waals surface area contributed by atoms with Gasteiger partial charge in [0.05, 0.1) is 0 Å². The Balaban J connectivity index is 2.71. The molecule has 0 aliphatic heterocycles. The molecule has 0 saturated heterocycles. The third kappa shape index (κ3) is 3.42. The van der Waals surface area contributed by atoms with Crippen molar-refractivity contribution >= 4 is 17.9 Å². The first-order valence-electron chi connectivity index (χ1n) is 4.94. The van der Waals surface area contributed by atoms with Crippen LogP contribution in [0.5, 0.6) is 0 Å². The van der Waals surface area contributed by atoms with Gasteiger partial charge >= 0.3 is 0 Å². The van der Waals surface area contributed by atoms with Crippen LogP contribution >= 0.6 is 0 Å². The molecule has 80 valence electrons. The molecular formula is C11H16N4. The van der Waals surface area contributed by atoms with Gasteiger partial charge in [-0.15, -0.1) is 0 Å². The Bertz CT molecular complexity index is 340. The minimum atomic E-state index is 0.368. The van der Waals surface area contributed by atoms with Crippen molar-refractivity contribution in [2.24, 2.45) is 10.7 Å². The summed E-state index contributed by atoms with van der Waals surface area (Å²) < 4.78 is 0. The summed E-state index contributed by atoms with van der Waals surface area (Å²) in [6, 6.07) is 7.69. The van der Waals surface area contributed by atoms with Gasteiger partial charge in [-0.2, -0.15) is 0 Å². The summed E-state index contributed by atoms with van der Waals surface area (Å²) in [5, 5.41) is 10.1. The molecular weight excluding hydrogens is 188 g/mol. The van der Waals surface area contributed by atoms with Crippen LogP contribution in [0.1, 0.15) is 18.9 Å². The number of nitrogens with two attached hydrogens (primary N) is 1. The average Bonchev–Trinajstić information content (AvgIpc) is 2.27. The number of benzene rings is 1. The number of amidine groups is 1. The highest BCUT2D eigenvalue weighted by molar-refractivity contribution is 6.01. The van der Waals surface area contributed by atoms with E-state index < -0.39 is 0 Å². The van der Waals surface area contributed by atoms with Crippen LogP contribution in [0.25, 0.3) is 0 Å². The second-order valence-corrected chi connectivity index (χ2v) is 3.15. The van der Waals surface area contributed by atoms with E-state index in [-0.39, 0.29) is 0 Å². The Kier molecular flexibility index (Phi) is 4.34. The van der Waals surface area contributed by atoms with Crippen molar-refractivity contribution < 1.29 is 0 Å². The predicted octanol–water partition coefficient (Wildman–Crippen LogP) is 1.82. The topological polar surface area (TPSA) is 74.3 Å². The molecule has 4 nitrogen and oxygen atoms in total. The van der Waals surface area contributed by atoms with Gasteiger partial charge in [-0.05, 0) is 30.7 Å². The number of nitrogens with zero attached hydrogens (tertiary/aromatic N) is 1. The lowest BCUT2D eigenvalue weighted by Gasteiger charge is -2.05. The lowest BCUT2D eigenvalue weighted by Crippen LogP contribution is -2.13. The molecule has 4 heteroatoms. The molecule has 1 rings (SSSR count). The minimum Gasteiger partial charge on any atom is -0.385 e. The monoisotopic (exact) mass is 204 g/mol. The molecule has 15 heavy (non-hydrogen) atoms. The number of hydrogen-bond donors (Lipinski definition) is 3. The van der Waals surface area contributed by atoms with Crippen LogP contribution in [0.4, 0.5) is 5.69 Å². The Hall–Kier alpha value is -1.84.